The summed E-state index contributed by atoms with van der Waals surface area (Å²) in [6.45, 7) is 4.22. The Hall–Kier alpha value is -0.990. The van der Waals surface area contributed by atoms with Crippen LogP contribution in [0.5, 0.6) is 0 Å². The molecule has 0 N–H and O–H groups in total. The van der Waals surface area contributed by atoms with Crippen LogP contribution in [0.15, 0.2) is 11.8 Å². The molecule has 0 spiro atoms. The van der Waals surface area contributed by atoms with E-state index in [1.54, 1.807) is 13.1 Å². The van der Waals surface area contributed by atoms with Gasteiger partial charge in [0, 0.05) is 25.9 Å². The molecule has 0 saturated carbocycles. The molecule has 0 aromatic heterocycles. The molecule has 70 valence electrons. The normalized spacial score (nSPS) is 11.2. The van der Waals surface area contributed by atoms with E-state index in [2.05, 4.69) is 0 Å². The molecule has 0 aliphatic carbocycles. The van der Waals surface area contributed by atoms with Crippen molar-refractivity contribution in [2.45, 2.75) is 20.3 Å². The monoisotopic (exact) mass is 171 g/mol. The first kappa shape index (κ1) is 11.0. The van der Waals surface area contributed by atoms with Crippen LogP contribution < -0.4 is 0 Å². The van der Waals surface area contributed by atoms with E-state index in [-0.39, 0.29) is 5.97 Å². The fourth-order valence-corrected chi connectivity index (χ4v) is 0.749. The predicted octanol–water partition coefficient (Wildman–Crippen LogP) is 1.41. The molecule has 0 aromatic rings. The molecule has 0 saturated heterocycles. The maximum atomic E-state index is 11.1. The van der Waals surface area contributed by atoms with Gasteiger partial charge in [0.1, 0.15) is 0 Å². The largest absolute Gasteiger partial charge is 0.462 e. The first-order valence-corrected chi connectivity index (χ1v) is 4.10. The molecular formula is C9H17NO2. The van der Waals surface area contributed by atoms with Gasteiger partial charge in [0.05, 0.1) is 6.61 Å². The van der Waals surface area contributed by atoms with Gasteiger partial charge in [0.25, 0.3) is 0 Å². The first-order valence-electron chi connectivity index (χ1n) is 4.10. The molecule has 3 heteroatoms. The summed E-state index contributed by atoms with van der Waals surface area (Å²) in [7, 11) is 3.74. The summed E-state index contributed by atoms with van der Waals surface area (Å²) in [6, 6.07) is 0. The van der Waals surface area contributed by atoms with Gasteiger partial charge in [-0.1, -0.05) is 6.92 Å². The lowest BCUT2D eigenvalue weighted by atomic mass is 10.3. The average molecular weight is 171 g/mol. The van der Waals surface area contributed by atoms with Crippen molar-refractivity contribution in [3.8, 4) is 0 Å². The minimum absolute atomic E-state index is 0.231. The second-order valence-corrected chi connectivity index (χ2v) is 2.91. The number of ether oxygens (including phenoxy) is 1. The Labute approximate surface area is 74.0 Å². The van der Waals surface area contributed by atoms with Crippen molar-refractivity contribution in [3.63, 3.8) is 0 Å². The van der Waals surface area contributed by atoms with Crippen molar-refractivity contribution in [3.05, 3.63) is 11.8 Å². The maximum absolute atomic E-state index is 11.1. The molecule has 0 radical (unpaired) electrons. The van der Waals surface area contributed by atoms with Crippen molar-refractivity contribution in [1.29, 1.82) is 0 Å². The van der Waals surface area contributed by atoms with Crippen molar-refractivity contribution in [1.82, 2.24) is 4.90 Å². The third kappa shape index (κ3) is 4.77. The van der Waals surface area contributed by atoms with Gasteiger partial charge in [-0.3, -0.25) is 0 Å². The third-order valence-corrected chi connectivity index (χ3v) is 1.21. The van der Waals surface area contributed by atoms with Gasteiger partial charge in [-0.05, 0) is 13.3 Å². The van der Waals surface area contributed by atoms with Gasteiger partial charge in [0.15, 0.2) is 0 Å². The topological polar surface area (TPSA) is 29.5 Å². The van der Waals surface area contributed by atoms with E-state index in [0.717, 1.165) is 6.42 Å². The highest BCUT2D eigenvalue weighted by molar-refractivity contribution is 5.87. The molecule has 0 aromatic carbocycles. The van der Waals surface area contributed by atoms with Crippen molar-refractivity contribution in [2.24, 2.45) is 0 Å². The molecule has 0 atom stereocenters. The predicted molar refractivity (Wildman–Crippen MR) is 48.7 cm³/mol. The number of esters is 1. The van der Waals surface area contributed by atoms with E-state index < -0.39 is 0 Å². The number of carbonyl (C=O) groups is 1. The molecule has 12 heavy (non-hydrogen) atoms. The number of nitrogens with zero attached hydrogens (tertiary/aromatic N) is 1. The summed E-state index contributed by atoms with van der Waals surface area (Å²) in [5.74, 6) is -0.231. The highest BCUT2D eigenvalue weighted by Gasteiger charge is 2.04. The Morgan fingerprint density at radius 1 is 1.50 bits per heavy atom. The Morgan fingerprint density at radius 2 is 2.08 bits per heavy atom. The smallest absolute Gasteiger partial charge is 0.335 e. The van der Waals surface area contributed by atoms with E-state index in [9.17, 15) is 4.79 Å². The molecule has 0 fully saturated rings. The van der Waals surface area contributed by atoms with Gasteiger partial charge in [-0.15, -0.1) is 0 Å². The van der Waals surface area contributed by atoms with E-state index >= 15 is 0 Å². The number of rotatable bonds is 4. The van der Waals surface area contributed by atoms with Gasteiger partial charge < -0.3 is 9.64 Å². The highest BCUT2D eigenvalue weighted by Crippen LogP contribution is 1.97. The third-order valence-electron chi connectivity index (χ3n) is 1.21. The molecule has 0 heterocycles. The van der Waals surface area contributed by atoms with E-state index in [0.29, 0.717) is 12.2 Å². The number of hydrogen-bond donors (Lipinski definition) is 0. The van der Waals surface area contributed by atoms with Crippen LogP contribution in [0.1, 0.15) is 20.3 Å². The van der Waals surface area contributed by atoms with Crippen LogP contribution >= 0.6 is 0 Å². The lowest BCUT2D eigenvalue weighted by Gasteiger charge is -2.07. The van der Waals surface area contributed by atoms with Crippen LogP contribution in [0, 0.1) is 0 Å². The van der Waals surface area contributed by atoms with E-state index in [1.807, 2.05) is 25.9 Å². The van der Waals surface area contributed by atoms with Crippen LogP contribution in [0.2, 0.25) is 0 Å². The molecule has 0 aliphatic rings. The second kappa shape index (κ2) is 5.63. The van der Waals surface area contributed by atoms with E-state index in [4.69, 9.17) is 4.74 Å². The number of carbonyl (C=O) groups excluding carboxylic acids is 1. The average Bonchev–Trinajstić information content (AvgIpc) is 1.98. The van der Waals surface area contributed by atoms with Crippen LogP contribution in [0.25, 0.3) is 0 Å². The lowest BCUT2D eigenvalue weighted by Crippen LogP contribution is -2.10. The van der Waals surface area contributed by atoms with Crippen molar-refractivity contribution < 1.29 is 9.53 Å². The Kier molecular flexibility index (Phi) is 5.17. The van der Waals surface area contributed by atoms with Crippen molar-refractivity contribution in [2.75, 3.05) is 20.7 Å². The zero-order valence-electron chi connectivity index (χ0n) is 8.26. The fourth-order valence-electron chi connectivity index (χ4n) is 0.749. The summed E-state index contributed by atoms with van der Waals surface area (Å²) < 4.78 is 4.92. The number of hydrogen-bond acceptors (Lipinski definition) is 3. The molecule has 0 unspecified atom stereocenters. The summed E-state index contributed by atoms with van der Waals surface area (Å²) in [5.41, 5.74) is 0.633. The minimum Gasteiger partial charge on any atom is -0.462 e. The maximum Gasteiger partial charge on any atom is 0.335 e. The van der Waals surface area contributed by atoms with Crippen LogP contribution in [0.4, 0.5) is 0 Å². The SMILES string of the molecule is CCCOC(=O)C(C)=CN(C)C. The standard InChI is InChI=1S/C9H17NO2/c1-5-6-12-9(11)8(2)7-10(3)4/h7H,5-6H2,1-4H3. The van der Waals surface area contributed by atoms with Crippen molar-refractivity contribution >= 4 is 5.97 Å². The van der Waals surface area contributed by atoms with Gasteiger partial charge in [0.2, 0.25) is 0 Å². The van der Waals surface area contributed by atoms with Gasteiger partial charge >= 0.3 is 5.97 Å². The Balaban J connectivity index is 3.92. The molecule has 0 aliphatic heterocycles. The summed E-state index contributed by atoms with van der Waals surface area (Å²) >= 11 is 0. The van der Waals surface area contributed by atoms with Crippen LogP contribution in [0.3, 0.4) is 0 Å². The van der Waals surface area contributed by atoms with E-state index in [1.165, 1.54) is 0 Å². The molecule has 0 amide bonds. The molecule has 0 bridgehead atoms. The molecular weight excluding hydrogens is 154 g/mol. The Morgan fingerprint density at radius 3 is 2.50 bits per heavy atom. The summed E-state index contributed by atoms with van der Waals surface area (Å²) in [6.07, 6.45) is 2.61. The van der Waals surface area contributed by atoms with Crippen LogP contribution in [-0.2, 0) is 9.53 Å². The summed E-state index contributed by atoms with van der Waals surface area (Å²) in [5, 5.41) is 0. The zero-order valence-corrected chi connectivity index (χ0v) is 8.26. The second-order valence-electron chi connectivity index (χ2n) is 2.91. The van der Waals surface area contributed by atoms with Crippen LogP contribution in [-0.4, -0.2) is 31.6 Å². The lowest BCUT2D eigenvalue weighted by molar-refractivity contribution is -0.139. The summed E-state index contributed by atoms with van der Waals surface area (Å²) in [4.78, 5) is 12.9. The van der Waals surface area contributed by atoms with Gasteiger partial charge in [-0.2, -0.15) is 0 Å². The highest BCUT2D eigenvalue weighted by atomic mass is 16.5. The molecule has 3 nitrogen and oxygen atoms in total. The minimum atomic E-state index is -0.231. The zero-order chi connectivity index (χ0) is 9.56. The fraction of sp³-hybridized carbons (Fsp3) is 0.667. The first-order chi connectivity index (χ1) is 5.57. The Bertz CT molecular complexity index is 173. The quantitative estimate of drug-likeness (QED) is 0.473. The van der Waals surface area contributed by atoms with Gasteiger partial charge in [-0.25, -0.2) is 4.79 Å². The molecule has 0 rings (SSSR count).